The Hall–Kier alpha value is -2.41. The first-order chi connectivity index (χ1) is 13.1. The van der Waals surface area contributed by atoms with Crippen LogP contribution in [-0.2, 0) is 27.4 Å². The van der Waals surface area contributed by atoms with Crippen LogP contribution in [0.2, 0.25) is 0 Å². The summed E-state index contributed by atoms with van der Waals surface area (Å²) in [6.07, 6.45) is 3.14. The zero-order valence-corrected chi connectivity index (χ0v) is 16.6. The van der Waals surface area contributed by atoms with Crippen LogP contribution in [0.1, 0.15) is 42.5 Å². The fourth-order valence-electron chi connectivity index (χ4n) is 2.27. The fraction of sp³-hybridized carbons (Fsp3) is 0.450. The number of hydrogen-bond donors (Lipinski definition) is 1. The fourth-order valence-corrected chi connectivity index (χ4v) is 2.98. The van der Waals surface area contributed by atoms with Crippen molar-refractivity contribution in [2.24, 2.45) is 0 Å². The Kier molecular flexibility index (Phi) is 8.77. The van der Waals surface area contributed by atoms with Gasteiger partial charge in [-0.25, -0.2) is 4.98 Å². The number of amides is 1. The third-order valence-electron chi connectivity index (χ3n) is 3.77. The van der Waals surface area contributed by atoms with Gasteiger partial charge in [0.2, 0.25) is 0 Å². The van der Waals surface area contributed by atoms with Crippen molar-refractivity contribution in [1.82, 2.24) is 10.3 Å². The normalized spacial score (nSPS) is 10.4. The number of hydrogen-bond acceptors (Lipinski definition) is 6. The van der Waals surface area contributed by atoms with Gasteiger partial charge in [-0.05, 0) is 25.5 Å². The molecule has 0 aliphatic heterocycles. The molecule has 1 aromatic heterocycles. The summed E-state index contributed by atoms with van der Waals surface area (Å²) in [5.74, 6) is 0.0432. The number of ether oxygens (including phenoxy) is 2. The zero-order chi connectivity index (χ0) is 19.5. The second-order valence-corrected chi connectivity index (χ2v) is 7.17. The van der Waals surface area contributed by atoms with Crippen LogP contribution in [0.4, 0.5) is 0 Å². The molecule has 0 saturated heterocycles. The number of carbonyl (C=O) groups excluding carboxylic acids is 2. The highest BCUT2D eigenvalue weighted by molar-refractivity contribution is 7.09. The van der Waals surface area contributed by atoms with Gasteiger partial charge in [0.15, 0.2) is 6.61 Å². The summed E-state index contributed by atoms with van der Waals surface area (Å²) in [5.41, 5.74) is 1.79. The molecular formula is C20H26N2O4S. The SMILES string of the molecule is CCCCCNC(=O)COC(=O)Cc1csc(COc2ccc(C)cc2)n1. The molecule has 1 N–H and O–H groups in total. The predicted octanol–water partition coefficient (Wildman–Crippen LogP) is 3.42. The van der Waals surface area contributed by atoms with E-state index < -0.39 is 5.97 Å². The number of aromatic nitrogens is 1. The molecule has 0 aliphatic carbocycles. The summed E-state index contributed by atoms with van der Waals surface area (Å²) in [6, 6.07) is 7.79. The van der Waals surface area contributed by atoms with E-state index in [4.69, 9.17) is 9.47 Å². The van der Waals surface area contributed by atoms with Gasteiger partial charge in [0.25, 0.3) is 5.91 Å². The molecule has 0 unspecified atom stereocenters. The minimum atomic E-state index is -0.463. The Morgan fingerprint density at radius 2 is 1.96 bits per heavy atom. The Morgan fingerprint density at radius 1 is 1.19 bits per heavy atom. The molecule has 1 amide bonds. The van der Waals surface area contributed by atoms with Gasteiger partial charge < -0.3 is 14.8 Å². The highest BCUT2D eigenvalue weighted by Crippen LogP contribution is 2.16. The number of carbonyl (C=O) groups is 2. The van der Waals surface area contributed by atoms with E-state index in [0.717, 1.165) is 30.0 Å². The smallest absolute Gasteiger partial charge is 0.312 e. The molecule has 0 bridgehead atoms. The molecule has 2 rings (SSSR count). The van der Waals surface area contributed by atoms with Gasteiger partial charge in [0.1, 0.15) is 17.4 Å². The van der Waals surface area contributed by atoms with Crippen LogP contribution in [0, 0.1) is 6.92 Å². The molecule has 0 saturated carbocycles. The molecule has 0 atom stereocenters. The second-order valence-electron chi connectivity index (χ2n) is 6.23. The summed E-state index contributed by atoms with van der Waals surface area (Å²) in [7, 11) is 0. The number of rotatable bonds is 11. The number of unbranched alkanes of at least 4 members (excludes halogenated alkanes) is 2. The third kappa shape index (κ3) is 8.21. The van der Waals surface area contributed by atoms with E-state index in [1.54, 1.807) is 5.38 Å². The molecule has 6 nitrogen and oxygen atoms in total. The largest absolute Gasteiger partial charge is 0.486 e. The average Bonchev–Trinajstić information content (AvgIpc) is 3.10. The van der Waals surface area contributed by atoms with Crippen LogP contribution >= 0.6 is 11.3 Å². The molecule has 7 heteroatoms. The maximum Gasteiger partial charge on any atom is 0.312 e. The number of nitrogens with zero attached hydrogens (tertiary/aromatic N) is 1. The van der Waals surface area contributed by atoms with E-state index in [1.165, 1.54) is 16.9 Å². The van der Waals surface area contributed by atoms with Crippen molar-refractivity contribution < 1.29 is 19.1 Å². The molecule has 1 aromatic carbocycles. The van der Waals surface area contributed by atoms with Gasteiger partial charge in [-0.3, -0.25) is 9.59 Å². The molecular weight excluding hydrogens is 364 g/mol. The van der Waals surface area contributed by atoms with Crippen molar-refractivity contribution in [2.45, 2.75) is 46.1 Å². The van der Waals surface area contributed by atoms with E-state index >= 15 is 0 Å². The number of esters is 1. The van der Waals surface area contributed by atoms with Crippen LogP contribution in [0.25, 0.3) is 0 Å². The lowest BCUT2D eigenvalue weighted by Crippen LogP contribution is -2.29. The molecule has 27 heavy (non-hydrogen) atoms. The van der Waals surface area contributed by atoms with E-state index in [2.05, 4.69) is 17.2 Å². The van der Waals surface area contributed by atoms with Crippen LogP contribution in [-0.4, -0.2) is 30.0 Å². The van der Waals surface area contributed by atoms with E-state index in [1.807, 2.05) is 31.2 Å². The van der Waals surface area contributed by atoms with Crippen LogP contribution in [0.3, 0.4) is 0 Å². The molecule has 1 heterocycles. The standard InChI is InChI=1S/C20H26N2O4S/c1-3-4-5-10-21-18(23)12-26-20(24)11-16-14-27-19(22-16)13-25-17-8-6-15(2)7-9-17/h6-9,14H,3-5,10-13H2,1-2H3,(H,21,23). The number of aryl methyl sites for hydroxylation is 1. The van der Waals surface area contributed by atoms with Crippen molar-refractivity contribution >= 4 is 23.2 Å². The number of nitrogens with one attached hydrogen (secondary N) is 1. The predicted molar refractivity (Wildman–Crippen MR) is 105 cm³/mol. The molecule has 2 aromatic rings. The zero-order valence-electron chi connectivity index (χ0n) is 15.8. The van der Waals surface area contributed by atoms with Crippen molar-refractivity contribution in [3.63, 3.8) is 0 Å². The highest BCUT2D eigenvalue weighted by Gasteiger charge is 2.11. The lowest BCUT2D eigenvalue weighted by Gasteiger charge is -2.05. The quantitative estimate of drug-likeness (QED) is 0.470. The van der Waals surface area contributed by atoms with E-state index in [0.29, 0.717) is 18.8 Å². The first-order valence-corrected chi connectivity index (χ1v) is 10.00. The minimum Gasteiger partial charge on any atom is -0.486 e. The molecule has 0 spiro atoms. The third-order valence-corrected chi connectivity index (χ3v) is 4.65. The Morgan fingerprint density at radius 3 is 2.70 bits per heavy atom. The van der Waals surface area contributed by atoms with E-state index in [9.17, 15) is 9.59 Å². The van der Waals surface area contributed by atoms with Crippen molar-refractivity contribution in [3.8, 4) is 5.75 Å². The lowest BCUT2D eigenvalue weighted by molar-refractivity contribution is -0.147. The topological polar surface area (TPSA) is 77.5 Å². The maximum absolute atomic E-state index is 11.8. The monoisotopic (exact) mass is 390 g/mol. The lowest BCUT2D eigenvalue weighted by atomic mass is 10.2. The Bertz CT molecular complexity index is 728. The van der Waals surface area contributed by atoms with Crippen molar-refractivity contribution in [2.75, 3.05) is 13.2 Å². The van der Waals surface area contributed by atoms with Gasteiger partial charge in [-0.15, -0.1) is 11.3 Å². The number of benzene rings is 1. The summed E-state index contributed by atoms with van der Waals surface area (Å²) in [4.78, 5) is 27.8. The Labute approximate surface area is 163 Å². The maximum atomic E-state index is 11.8. The average molecular weight is 391 g/mol. The summed E-state index contributed by atoms with van der Waals surface area (Å²) >= 11 is 1.43. The van der Waals surface area contributed by atoms with Gasteiger partial charge in [0.05, 0.1) is 12.1 Å². The molecule has 0 radical (unpaired) electrons. The number of thiazole rings is 1. The van der Waals surface area contributed by atoms with Crippen LogP contribution in [0.5, 0.6) is 5.75 Å². The summed E-state index contributed by atoms with van der Waals surface area (Å²) in [6.45, 7) is 4.83. The molecule has 0 aliphatic rings. The van der Waals surface area contributed by atoms with Gasteiger partial charge in [-0.2, -0.15) is 0 Å². The van der Waals surface area contributed by atoms with Gasteiger partial charge >= 0.3 is 5.97 Å². The summed E-state index contributed by atoms with van der Waals surface area (Å²) < 4.78 is 10.7. The van der Waals surface area contributed by atoms with Crippen molar-refractivity contribution in [1.29, 1.82) is 0 Å². The van der Waals surface area contributed by atoms with Crippen molar-refractivity contribution in [3.05, 3.63) is 45.9 Å². The van der Waals surface area contributed by atoms with E-state index in [-0.39, 0.29) is 18.9 Å². The molecule has 146 valence electrons. The van der Waals surface area contributed by atoms with Crippen LogP contribution < -0.4 is 10.1 Å². The summed E-state index contributed by atoms with van der Waals surface area (Å²) in [5, 5.41) is 5.32. The minimum absolute atomic E-state index is 0.0458. The molecule has 0 fully saturated rings. The highest BCUT2D eigenvalue weighted by atomic mass is 32.1. The van der Waals surface area contributed by atoms with Crippen LogP contribution in [0.15, 0.2) is 29.6 Å². The van der Waals surface area contributed by atoms with Gasteiger partial charge in [0, 0.05) is 11.9 Å². The Balaban J connectivity index is 1.67. The second kappa shape index (κ2) is 11.3. The van der Waals surface area contributed by atoms with Gasteiger partial charge in [-0.1, -0.05) is 37.5 Å². The first-order valence-electron chi connectivity index (χ1n) is 9.12. The first kappa shape index (κ1) is 20.9.